The monoisotopic (exact) mass is 417 g/mol. The van der Waals surface area contributed by atoms with E-state index in [1.165, 1.54) is 0 Å². The second-order valence-electron chi connectivity index (χ2n) is 8.29. The number of carbonyl (C=O) groups is 1. The molecule has 2 atom stereocenters. The summed E-state index contributed by atoms with van der Waals surface area (Å²) in [6, 6.07) is 22.0. The van der Waals surface area contributed by atoms with Gasteiger partial charge in [0, 0.05) is 17.4 Å². The summed E-state index contributed by atoms with van der Waals surface area (Å²) >= 11 is 0. The predicted molar refractivity (Wildman–Crippen MR) is 125 cm³/mol. The molecule has 0 saturated carbocycles. The summed E-state index contributed by atoms with van der Waals surface area (Å²) in [5.74, 6) is 1.52. The van der Waals surface area contributed by atoms with E-state index in [0.717, 1.165) is 47.1 Å². The van der Waals surface area contributed by atoms with Crippen LogP contribution in [0, 0.1) is 0 Å². The Bertz CT molecular complexity index is 1050. The van der Waals surface area contributed by atoms with Gasteiger partial charge in [-0.05, 0) is 36.8 Å². The largest absolute Gasteiger partial charge is 0.487 e. The van der Waals surface area contributed by atoms with Crippen LogP contribution in [0.5, 0.6) is 11.5 Å². The van der Waals surface area contributed by atoms with Gasteiger partial charge in [-0.25, -0.2) is 0 Å². The Morgan fingerprint density at radius 3 is 2.52 bits per heavy atom. The molecule has 31 heavy (non-hydrogen) atoms. The molecule has 162 valence electrons. The summed E-state index contributed by atoms with van der Waals surface area (Å²) in [6.07, 6.45) is 2.58. The second-order valence-corrected chi connectivity index (χ2v) is 8.29. The van der Waals surface area contributed by atoms with Crippen molar-refractivity contribution < 1.29 is 14.3 Å². The first-order valence-electron chi connectivity index (χ1n) is 11.3. The molecule has 4 rings (SSSR count). The van der Waals surface area contributed by atoms with E-state index in [1.807, 2.05) is 61.5 Å². The zero-order valence-electron chi connectivity index (χ0n) is 18.6. The highest BCUT2D eigenvalue weighted by Crippen LogP contribution is 2.42. The van der Waals surface area contributed by atoms with Gasteiger partial charge in [-0.2, -0.15) is 0 Å². The van der Waals surface area contributed by atoms with Crippen molar-refractivity contribution >= 4 is 16.7 Å². The van der Waals surface area contributed by atoms with Crippen LogP contribution in [0.2, 0.25) is 0 Å². The van der Waals surface area contributed by atoms with Gasteiger partial charge in [0.05, 0.1) is 6.04 Å². The molecular formula is C27H31NO3. The number of nitrogens with one attached hydrogen (secondary N) is 1. The quantitative estimate of drug-likeness (QED) is 0.498. The molecular weight excluding hydrogens is 386 g/mol. The molecule has 0 spiro atoms. The lowest BCUT2D eigenvalue weighted by molar-refractivity contribution is -0.129. The van der Waals surface area contributed by atoms with E-state index in [-0.39, 0.29) is 17.6 Å². The second kappa shape index (κ2) is 9.01. The standard InChI is InChI=1S/C27H31NO3/c1-4-23(30-24-17-11-13-19-12-7-8-14-20(19)24)26(29)28-22-18-27(5-2,6-3)31-25-16-10-9-15-21(22)25/h7-17,22-23H,4-6,18H2,1-3H3,(H,28,29)/t22-,23-/m1/s1. The van der Waals surface area contributed by atoms with Crippen LogP contribution < -0.4 is 14.8 Å². The topological polar surface area (TPSA) is 47.6 Å². The van der Waals surface area contributed by atoms with Crippen molar-refractivity contribution in [2.45, 2.75) is 64.2 Å². The number of para-hydroxylation sites is 1. The van der Waals surface area contributed by atoms with Gasteiger partial charge in [0.1, 0.15) is 17.1 Å². The molecule has 1 aliphatic rings. The molecule has 0 fully saturated rings. The maximum atomic E-state index is 13.3. The van der Waals surface area contributed by atoms with Crippen LogP contribution in [0.4, 0.5) is 0 Å². The van der Waals surface area contributed by atoms with Gasteiger partial charge >= 0.3 is 0 Å². The molecule has 1 N–H and O–H groups in total. The average Bonchev–Trinajstić information content (AvgIpc) is 2.82. The fraction of sp³-hybridized carbons (Fsp3) is 0.370. The number of carbonyl (C=O) groups excluding carboxylic acids is 1. The van der Waals surface area contributed by atoms with Crippen LogP contribution in [-0.4, -0.2) is 17.6 Å². The molecule has 0 aromatic heterocycles. The number of hydrogen-bond donors (Lipinski definition) is 1. The molecule has 4 heteroatoms. The van der Waals surface area contributed by atoms with E-state index in [0.29, 0.717) is 6.42 Å². The number of hydrogen-bond acceptors (Lipinski definition) is 3. The third kappa shape index (κ3) is 4.25. The van der Waals surface area contributed by atoms with Crippen LogP contribution in [0.25, 0.3) is 10.8 Å². The lowest BCUT2D eigenvalue weighted by atomic mass is 9.83. The minimum absolute atomic E-state index is 0.0850. The van der Waals surface area contributed by atoms with E-state index in [1.54, 1.807) is 0 Å². The zero-order valence-corrected chi connectivity index (χ0v) is 18.6. The summed E-state index contributed by atoms with van der Waals surface area (Å²) in [5, 5.41) is 5.39. The van der Waals surface area contributed by atoms with Gasteiger partial charge in [0.2, 0.25) is 0 Å². The normalized spacial score (nSPS) is 18.0. The van der Waals surface area contributed by atoms with E-state index >= 15 is 0 Å². The summed E-state index contributed by atoms with van der Waals surface area (Å²) in [5.41, 5.74) is 0.776. The van der Waals surface area contributed by atoms with Gasteiger partial charge < -0.3 is 14.8 Å². The molecule has 0 saturated heterocycles. The van der Waals surface area contributed by atoms with Crippen LogP contribution in [0.3, 0.4) is 0 Å². The van der Waals surface area contributed by atoms with Crippen LogP contribution >= 0.6 is 0 Å². The smallest absolute Gasteiger partial charge is 0.261 e. The fourth-order valence-corrected chi connectivity index (χ4v) is 4.47. The SMILES string of the molecule is CC[C@@H](Oc1cccc2ccccc12)C(=O)N[C@@H]1CC(CC)(CC)Oc2ccccc21. The number of fused-ring (bicyclic) bond motifs is 2. The van der Waals surface area contributed by atoms with Crippen molar-refractivity contribution in [2.75, 3.05) is 0 Å². The van der Waals surface area contributed by atoms with Crippen molar-refractivity contribution in [1.82, 2.24) is 5.32 Å². The molecule has 0 unspecified atom stereocenters. The Hall–Kier alpha value is -3.01. The summed E-state index contributed by atoms with van der Waals surface area (Å²) in [6.45, 7) is 6.28. The Kier molecular flexibility index (Phi) is 6.17. The minimum Gasteiger partial charge on any atom is -0.487 e. The van der Waals surface area contributed by atoms with Crippen molar-refractivity contribution in [2.24, 2.45) is 0 Å². The molecule has 3 aromatic carbocycles. The van der Waals surface area contributed by atoms with Gasteiger partial charge in [-0.1, -0.05) is 75.4 Å². The van der Waals surface area contributed by atoms with Crippen molar-refractivity contribution in [1.29, 1.82) is 0 Å². The number of rotatable bonds is 7. The number of ether oxygens (including phenoxy) is 2. The van der Waals surface area contributed by atoms with Crippen LogP contribution in [0.15, 0.2) is 66.7 Å². The maximum absolute atomic E-state index is 13.3. The third-order valence-electron chi connectivity index (χ3n) is 6.48. The molecule has 1 amide bonds. The van der Waals surface area contributed by atoms with Crippen molar-refractivity contribution in [3.63, 3.8) is 0 Å². The molecule has 0 bridgehead atoms. The summed E-state index contributed by atoms with van der Waals surface area (Å²) in [4.78, 5) is 13.3. The highest BCUT2D eigenvalue weighted by molar-refractivity contribution is 5.89. The first-order chi connectivity index (χ1) is 15.1. The molecule has 0 radical (unpaired) electrons. The van der Waals surface area contributed by atoms with Crippen molar-refractivity contribution in [3.8, 4) is 11.5 Å². The highest BCUT2D eigenvalue weighted by Gasteiger charge is 2.39. The first-order valence-corrected chi connectivity index (χ1v) is 11.3. The van der Waals surface area contributed by atoms with Crippen LogP contribution in [0.1, 0.15) is 58.1 Å². The Labute approximate surface area is 184 Å². The van der Waals surface area contributed by atoms with Crippen LogP contribution in [-0.2, 0) is 4.79 Å². The number of amides is 1. The van der Waals surface area contributed by atoms with E-state index in [2.05, 4.69) is 31.3 Å². The number of benzene rings is 3. The predicted octanol–water partition coefficient (Wildman–Crippen LogP) is 6.20. The highest BCUT2D eigenvalue weighted by atomic mass is 16.5. The maximum Gasteiger partial charge on any atom is 0.261 e. The Morgan fingerprint density at radius 2 is 1.74 bits per heavy atom. The minimum atomic E-state index is -0.557. The molecule has 1 aliphatic heterocycles. The van der Waals surface area contributed by atoms with E-state index in [9.17, 15) is 4.79 Å². The van der Waals surface area contributed by atoms with E-state index < -0.39 is 6.10 Å². The molecule has 4 nitrogen and oxygen atoms in total. The van der Waals surface area contributed by atoms with Crippen molar-refractivity contribution in [3.05, 3.63) is 72.3 Å². The lowest BCUT2D eigenvalue weighted by Gasteiger charge is -2.42. The zero-order chi connectivity index (χ0) is 21.8. The third-order valence-corrected chi connectivity index (χ3v) is 6.48. The lowest BCUT2D eigenvalue weighted by Crippen LogP contribution is -2.47. The van der Waals surface area contributed by atoms with Gasteiger partial charge in [-0.15, -0.1) is 0 Å². The van der Waals surface area contributed by atoms with E-state index in [4.69, 9.17) is 9.47 Å². The summed E-state index contributed by atoms with van der Waals surface area (Å²) in [7, 11) is 0. The molecule has 1 heterocycles. The average molecular weight is 418 g/mol. The van der Waals surface area contributed by atoms with Gasteiger partial charge in [-0.3, -0.25) is 4.79 Å². The first kappa shape index (κ1) is 21.2. The Balaban J connectivity index is 1.57. The summed E-state index contributed by atoms with van der Waals surface area (Å²) < 4.78 is 12.6. The fourth-order valence-electron chi connectivity index (χ4n) is 4.47. The molecule has 0 aliphatic carbocycles. The van der Waals surface area contributed by atoms with Gasteiger partial charge in [0.25, 0.3) is 5.91 Å². The molecule has 3 aromatic rings. The van der Waals surface area contributed by atoms with Gasteiger partial charge in [0.15, 0.2) is 6.10 Å². The Morgan fingerprint density at radius 1 is 1.03 bits per heavy atom.